The summed E-state index contributed by atoms with van der Waals surface area (Å²) >= 11 is 0. The fraction of sp³-hybridized carbons (Fsp3) is 0.357. The molecule has 1 aromatic heterocycles. The van der Waals surface area contributed by atoms with Gasteiger partial charge in [-0.15, -0.1) is 0 Å². The number of aromatic hydroxyl groups is 1. The average Bonchev–Trinajstić information content (AvgIpc) is 2.64. The summed E-state index contributed by atoms with van der Waals surface area (Å²) in [5, 5.41) is 10.2. The first-order chi connectivity index (χ1) is 8.63. The van der Waals surface area contributed by atoms with Gasteiger partial charge < -0.3 is 14.8 Å². The SMILES string of the molecule is CCCCOC(=O)c1c(C)[nH]c2ccc(O)cc12. The van der Waals surface area contributed by atoms with Crippen molar-refractivity contribution in [2.24, 2.45) is 0 Å². The third-order valence-corrected chi connectivity index (χ3v) is 2.90. The lowest BCUT2D eigenvalue weighted by molar-refractivity contribution is 0.0501. The van der Waals surface area contributed by atoms with Gasteiger partial charge in [0.15, 0.2) is 0 Å². The van der Waals surface area contributed by atoms with Gasteiger partial charge in [0.2, 0.25) is 0 Å². The van der Waals surface area contributed by atoms with Crippen LogP contribution in [0.1, 0.15) is 35.8 Å². The molecule has 0 saturated carbocycles. The molecular weight excluding hydrogens is 230 g/mol. The molecule has 0 atom stereocenters. The van der Waals surface area contributed by atoms with Gasteiger partial charge >= 0.3 is 5.97 Å². The molecular formula is C14H17NO3. The Bertz CT molecular complexity index is 572. The number of carbonyl (C=O) groups excluding carboxylic acids is 1. The Morgan fingerprint density at radius 1 is 1.44 bits per heavy atom. The fourth-order valence-corrected chi connectivity index (χ4v) is 1.96. The highest BCUT2D eigenvalue weighted by molar-refractivity contribution is 6.05. The van der Waals surface area contributed by atoms with Crippen molar-refractivity contribution in [3.63, 3.8) is 0 Å². The van der Waals surface area contributed by atoms with Crippen LogP contribution in [0.5, 0.6) is 5.75 Å². The number of H-pyrrole nitrogens is 1. The van der Waals surface area contributed by atoms with Gasteiger partial charge in [0, 0.05) is 16.6 Å². The van der Waals surface area contributed by atoms with Crippen LogP contribution in [0.25, 0.3) is 10.9 Å². The molecule has 1 heterocycles. The first-order valence-electron chi connectivity index (χ1n) is 6.12. The molecule has 0 aliphatic carbocycles. The zero-order chi connectivity index (χ0) is 13.1. The Balaban J connectivity index is 2.34. The Kier molecular flexibility index (Phi) is 3.55. The van der Waals surface area contributed by atoms with E-state index >= 15 is 0 Å². The molecule has 0 bridgehead atoms. The minimum atomic E-state index is -0.335. The zero-order valence-electron chi connectivity index (χ0n) is 10.6. The van der Waals surface area contributed by atoms with E-state index in [0.29, 0.717) is 17.6 Å². The van der Waals surface area contributed by atoms with Gasteiger partial charge in [0.1, 0.15) is 5.75 Å². The number of hydrogen-bond donors (Lipinski definition) is 2. The second-order valence-corrected chi connectivity index (χ2v) is 4.34. The Labute approximate surface area is 106 Å². The van der Waals surface area contributed by atoms with E-state index < -0.39 is 0 Å². The first-order valence-corrected chi connectivity index (χ1v) is 6.12. The third-order valence-electron chi connectivity index (χ3n) is 2.90. The number of ether oxygens (including phenoxy) is 1. The zero-order valence-corrected chi connectivity index (χ0v) is 10.6. The van der Waals surface area contributed by atoms with Gasteiger partial charge in [-0.05, 0) is 31.5 Å². The van der Waals surface area contributed by atoms with Crippen molar-refractivity contribution < 1.29 is 14.6 Å². The van der Waals surface area contributed by atoms with Gasteiger partial charge in [-0.2, -0.15) is 0 Å². The van der Waals surface area contributed by atoms with Crippen molar-refractivity contribution >= 4 is 16.9 Å². The standard InChI is InChI=1S/C14H17NO3/c1-3-4-7-18-14(17)13-9(2)15-12-6-5-10(16)8-11(12)13/h5-6,8,15-16H,3-4,7H2,1-2H3. The molecule has 2 N–H and O–H groups in total. The smallest absolute Gasteiger partial charge is 0.340 e. The number of nitrogens with one attached hydrogen (secondary N) is 1. The molecule has 4 nitrogen and oxygen atoms in total. The molecule has 2 rings (SSSR count). The summed E-state index contributed by atoms with van der Waals surface area (Å²) in [6.07, 6.45) is 1.85. The number of phenolic OH excluding ortho intramolecular Hbond substituents is 1. The molecule has 2 aromatic rings. The van der Waals surface area contributed by atoms with E-state index in [1.54, 1.807) is 18.2 Å². The number of aryl methyl sites for hydroxylation is 1. The fourth-order valence-electron chi connectivity index (χ4n) is 1.96. The minimum absolute atomic E-state index is 0.143. The number of aromatic nitrogens is 1. The summed E-state index contributed by atoms with van der Waals surface area (Å²) in [6, 6.07) is 4.92. The second-order valence-electron chi connectivity index (χ2n) is 4.34. The summed E-state index contributed by atoms with van der Waals surface area (Å²) in [6.45, 7) is 4.30. The van der Waals surface area contributed by atoms with Gasteiger partial charge in [-0.1, -0.05) is 13.3 Å². The molecule has 0 saturated heterocycles. The quantitative estimate of drug-likeness (QED) is 0.644. The highest BCUT2D eigenvalue weighted by atomic mass is 16.5. The van der Waals surface area contributed by atoms with E-state index in [2.05, 4.69) is 4.98 Å². The van der Waals surface area contributed by atoms with Crippen LogP contribution >= 0.6 is 0 Å². The normalized spacial score (nSPS) is 10.8. The Morgan fingerprint density at radius 3 is 2.94 bits per heavy atom. The topological polar surface area (TPSA) is 62.3 Å². The van der Waals surface area contributed by atoms with Crippen LogP contribution in [0.3, 0.4) is 0 Å². The van der Waals surface area contributed by atoms with Crippen molar-refractivity contribution in [2.75, 3.05) is 6.61 Å². The van der Waals surface area contributed by atoms with Crippen molar-refractivity contribution in [3.05, 3.63) is 29.5 Å². The average molecular weight is 247 g/mol. The van der Waals surface area contributed by atoms with Crippen LogP contribution in [0, 0.1) is 6.92 Å². The monoisotopic (exact) mass is 247 g/mol. The maximum atomic E-state index is 12.0. The summed E-state index contributed by atoms with van der Waals surface area (Å²) in [5.41, 5.74) is 2.10. The predicted molar refractivity (Wildman–Crippen MR) is 69.9 cm³/mol. The number of aromatic amines is 1. The van der Waals surface area contributed by atoms with E-state index in [9.17, 15) is 9.90 Å². The Morgan fingerprint density at radius 2 is 2.22 bits per heavy atom. The van der Waals surface area contributed by atoms with Crippen LogP contribution in [0.2, 0.25) is 0 Å². The number of benzene rings is 1. The molecule has 0 aliphatic heterocycles. The molecule has 18 heavy (non-hydrogen) atoms. The molecule has 0 amide bonds. The van der Waals surface area contributed by atoms with E-state index in [1.165, 1.54) is 0 Å². The van der Waals surface area contributed by atoms with Crippen molar-refractivity contribution in [1.82, 2.24) is 4.98 Å². The highest BCUT2D eigenvalue weighted by Crippen LogP contribution is 2.26. The van der Waals surface area contributed by atoms with Gasteiger partial charge in [-0.3, -0.25) is 0 Å². The van der Waals surface area contributed by atoms with Crippen molar-refractivity contribution in [2.45, 2.75) is 26.7 Å². The van der Waals surface area contributed by atoms with E-state index in [-0.39, 0.29) is 11.7 Å². The number of hydrogen-bond acceptors (Lipinski definition) is 3. The van der Waals surface area contributed by atoms with Gasteiger partial charge in [0.25, 0.3) is 0 Å². The van der Waals surface area contributed by atoms with Crippen LogP contribution in [-0.2, 0) is 4.74 Å². The lowest BCUT2D eigenvalue weighted by atomic mass is 10.1. The Hall–Kier alpha value is -1.97. The summed E-state index contributed by atoms with van der Waals surface area (Å²) in [5.74, 6) is -0.193. The third kappa shape index (κ3) is 2.32. The molecule has 0 radical (unpaired) electrons. The summed E-state index contributed by atoms with van der Waals surface area (Å²) in [7, 11) is 0. The van der Waals surface area contributed by atoms with Crippen LogP contribution in [-0.4, -0.2) is 22.7 Å². The molecule has 1 aromatic carbocycles. The van der Waals surface area contributed by atoms with Crippen molar-refractivity contribution in [3.8, 4) is 5.75 Å². The van der Waals surface area contributed by atoms with E-state index in [0.717, 1.165) is 24.1 Å². The maximum absolute atomic E-state index is 12.0. The molecule has 0 unspecified atom stereocenters. The molecule has 0 fully saturated rings. The molecule has 4 heteroatoms. The summed E-state index contributed by atoms with van der Waals surface area (Å²) < 4.78 is 5.22. The second kappa shape index (κ2) is 5.12. The largest absolute Gasteiger partial charge is 0.508 e. The van der Waals surface area contributed by atoms with Crippen LogP contribution < -0.4 is 0 Å². The van der Waals surface area contributed by atoms with Crippen molar-refractivity contribution in [1.29, 1.82) is 0 Å². The van der Waals surface area contributed by atoms with E-state index in [1.807, 2.05) is 13.8 Å². The highest BCUT2D eigenvalue weighted by Gasteiger charge is 2.17. The maximum Gasteiger partial charge on any atom is 0.340 e. The number of carbonyl (C=O) groups is 1. The number of esters is 1. The lowest BCUT2D eigenvalue weighted by Crippen LogP contribution is -2.07. The summed E-state index contributed by atoms with van der Waals surface area (Å²) in [4.78, 5) is 15.1. The van der Waals surface area contributed by atoms with E-state index in [4.69, 9.17) is 4.74 Å². The van der Waals surface area contributed by atoms with Gasteiger partial charge in [-0.25, -0.2) is 4.79 Å². The number of unbranched alkanes of at least 4 members (excludes halogenated alkanes) is 1. The number of fused-ring (bicyclic) bond motifs is 1. The minimum Gasteiger partial charge on any atom is -0.508 e. The molecule has 96 valence electrons. The molecule has 0 aliphatic rings. The number of rotatable bonds is 4. The lowest BCUT2D eigenvalue weighted by Gasteiger charge is -2.04. The van der Waals surface area contributed by atoms with Crippen LogP contribution in [0.15, 0.2) is 18.2 Å². The first kappa shape index (κ1) is 12.5. The van der Waals surface area contributed by atoms with Crippen LogP contribution in [0.4, 0.5) is 0 Å². The number of phenols is 1. The van der Waals surface area contributed by atoms with Gasteiger partial charge in [0.05, 0.1) is 12.2 Å². The molecule has 0 spiro atoms. The predicted octanol–water partition coefficient (Wildman–Crippen LogP) is 3.14.